The fraction of sp³-hybridized carbons (Fsp3) is 0.682. The van der Waals surface area contributed by atoms with Gasteiger partial charge in [0.2, 0.25) is 0 Å². The number of hydrogen-bond acceptors (Lipinski definition) is 4. The van der Waals surface area contributed by atoms with Gasteiger partial charge < -0.3 is 19.7 Å². The Morgan fingerprint density at radius 1 is 1.26 bits per heavy atom. The van der Waals surface area contributed by atoms with Crippen LogP contribution in [0.15, 0.2) is 23.2 Å². The first-order valence-corrected chi connectivity index (χ1v) is 11.3. The number of nitrogens with zero attached hydrogens (tertiary/aromatic N) is 3. The van der Waals surface area contributed by atoms with E-state index in [2.05, 4.69) is 20.1 Å². The molecule has 2 heterocycles. The summed E-state index contributed by atoms with van der Waals surface area (Å²) in [5.41, 5.74) is 0.580. The van der Waals surface area contributed by atoms with Crippen LogP contribution in [0.2, 0.25) is 5.02 Å². The lowest BCUT2D eigenvalue weighted by atomic mass is 10.0. The molecule has 31 heavy (non-hydrogen) atoms. The summed E-state index contributed by atoms with van der Waals surface area (Å²) in [4.78, 5) is 8.90. The van der Waals surface area contributed by atoms with Crippen LogP contribution in [0.5, 0.6) is 0 Å². The molecule has 9 heteroatoms. The Morgan fingerprint density at radius 3 is 2.68 bits per heavy atom. The fourth-order valence-electron chi connectivity index (χ4n) is 3.89. The van der Waals surface area contributed by atoms with E-state index in [0.717, 1.165) is 84.4 Å². The molecule has 1 aromatic rings. The van der Waals surface area contributed by atoms with Gasteiger partial charge in [0, 0.05) is 83.3 Å². The van der Waals surface area contributed by atoms with Gasteiger partial charge in [-0.15, -0.1) is 24.0 Å². The minimum absolute atomic E-state index is 0. The Balaban J connectivity index is 0.00000341. The van der Waals surface area contributed by atoms with Crippen LogP contribution in [-0.4, -0.2) is 82.0 Å². The van der Waals surface area contributed by atoms with E-state index < -0.39 is 0 Å². The topological polar surface area (TPSA) is 49.3 Å². The molecule has 0 aliphatic carbocycles. The fourth-order valence-corrected chi connectivity index (χ4v) is 4.12. The molecule has 1 N–H and O–H groups in total. The zero-order valence-corrected chi connectivity index (χ0v) is 21.4. The Kier molecular flexibility index (Phi) is 12.4. The Morgan fingerprint density at radius 2 is 2.00 bits per heavy atom. The number of hydrogen-bond donors (Lipinski definition) is 1. The number of halogens is 3. The van der Waals surface area contributed by atoms with Gasteiger partial charge in [0.25, 0.3) is 0 Å². The molecule has 2 aliphatic rings. The summed E-state index contributed by atoms with van der Waals surface area (Å²) in [6.07, 6.45) is 3.17. The van der Waals surface area contributed by atoms with Gasteiger partial charge in [-0.2, -0.15) is 0 Å². The van der Waals surface area contributed by atoms with Gasteiger partial charge in [-0.25, -0.2) is 4.39 Å². The molecule has 1 aromatic carbocycles. The monoisotopic (exact) mass is 568 g/mol. The van der Waals surface area contributed by atoms with Crippen molar-refractivity contribution in [2.24, 2.45) is 10.9 Å². The van der Waals surface area contributed by atoms with Crippen molar-refractivity contribution in [2.45, 2.75) is 25.8 Å². The van der Waals surface area contributed by atoms with Gasteiger partial charge in [-0.1, -0.05) is 17.7 Å². The standard InChI is InChI=1S/C22H34ClFN4O2.HI/c1-25-22(26-8-3-13-30-17-18-6-14-29-15-7-18)28-11-9-27(10-12-28)16-19-20(23)4-2-5-21(19)24;/h2,4-5,18H,3,6-17H2,1H3,(H,25,26);1H. The van der Waals surface area contributed by atoms with E-state index in [1.54, 1.807) is 12.1 Å². The van der Waals surface area contributed by atoms with E-state index in [9.17, 15) is 4.39 Å². The summed E-state index contributed by atoms with van der Waals surface area (Å²) in [6.45, 7) is 8.11. The number of aliphatic imine (C=N–C) groups is 1. The third kappa shape index (κ3) is 8.64. The maximum atomic E-state index is 14.0. The summed E-state index contributed by atoms with van der Waals surface area (Å²) >= 11 is 6.17. The molecule has 0 saturated carbocycles. The van der Waals surface area contributed by atoms with E-state index >= 15 is 0 Å². The van der Waals surface area contributed by atoms with Gasteiger partial charge in [-0.3, -0.25) is 9.89 Å². The second-order valence-electron chi connectivity index (χ2n) is 7.92. The molecular weight excluding hydrogens is 534 g/mol. The van der Waals surface area contributed by atoms with Crippen LogP contribution in [0.1, 0.15) is 24.8 Å². The Hall–Kier alpha value is -0.680. The van der Waals surface area contributed by atoms with Crippen LogP contribution in [0.25, 0.3) is 0 Å². The van der Waals surface area contributed by atoms with Gasteiger partial charge in [0.1, 0.15) is 5.82 Å². The lowest BCUT2D eigenvalue weighted by Gasteiger charge is -2.36. The Bertz CT molecular complexity index is 663. The van der Waals surface area contributed by atoms with Crippen molar-refractivity contribution in [3.8, 4) is 0 Å². The first kappa shape index (κ1) is 26.6. The predicted octanol–water partition coefficient (Wildman–Crippen LogP) is 3.62. The lowest BCUT2D eigenvalue weighted by molar-refractivity contribution is 0.0203. The number of benzene rings is 1. The van der Waals surface area contributed by atoms with E-state index in [0.29, 0.717) is 23.0 Å². The lowest BCUT2D eigenvalue weighted by Crippen LogP contribution is -2.52. The van der Waals surface area contributed by atoms with E-state index in [1.165, 1.54) is 6.07 Å². The van der Waals surface area contributed by atoms with Gasteiger partial charge in [-0.05, 0) is 37.3 Å². The normalized spacial score (nSPS) is 18.7. The van der Waals surface area contributed by atoms with Crippen molar-refractivity contribution >= 4 is 41.5 Å². The quantitative estimate of drug-likeness (QED) is 0.225. The summed E-state index contributed by atoms with van der Waals surface area (Å²) in [7, 11) is 1.81. The second-order valence-corrected chi connectivity index (χ2v) is 8.33. The van der Waals surface area contributed by atoms with Crippen molar-refractivity contribution in [1.29, 1.82) is 0 Å². The molecule has 0 unspecified atom stereocenters. The van der Waals surface area contributed by atoms with Crippen LogP contribution in [0.3, 0.4) is 0 Å². The van der Waals surface area contributed by atoms with E-state index in [1.807, 2.05) is 7.05 Å². The number of guanidine groups is 1. The van der Waals surface area contributed by atoms with Crippen molar-refractivity contribution in [1.82, 2.24) is 15.1 Å². The molecule has 2 aliphatic heterocycles. The third-order valence-electron chi connectivity index (χ3n) is 5.77. The third-order valence-corrected chi connectivity index (χ3v) is 6.12. The highest BCUT2D eigenvalue weighted by molar-refractivity contribution is 14.0. The molecule has 3 rings (SSSR count). The second kappa shape index (κ2) is 14.5. The van der Waals surface area contributed by atoms with Crippen LogP contribution < -0.4 is 5.32 Å². The van der Waals surface area contributed by atoms with Crippen LogP contribution in [0.4, 0.5) is 4.39 Å². The molecule has 2 fully saturated rings. The number of ether oxygens (including phenoxy) is 2. The summed E-state index contributed by atoms with van der Waals surface area (Å²) < 4.78 is 25.2. The van der Waals surface area contributed by atoms with Gasteiger partial charge in [0.15, 0.2) is 5.96 Å². The van der Waals surface area contributed by atoms with Crippen molar-refractivity contribution in [3.63, 3.8) is 0 Å². The number of nitrogens with one attached hydrogen (secondary N) is 1. The minimum Gasteiger partial charge on any atom is -0.381 e. The zero-order valence-electron chi connectivity index (χ0n) is 18.3. The molecule has 2 saturated heterocycles. The molecule has 0 radical (unpaired) electrons. The number of rotatable bonds is 8. The van der Waals surface area contributed by atoms with Crippen LogP contribution in [0, 0.1) is 11.7 Å². The van der Waals surface area contributed by atoms with Gasteiger partial charge >= 0.3 is 0 Å². The Labute approximate surface area is 207 Å². The van der Waals surface area contributed by atoms with Crippen molar-refractivity contribution in [2.75, 3.05) is 66.2 Å². The smallest absolute Gasteiger partial charge is 0.193 e. The minimum atomic E-state index is -0.235. The maximum Gasteiger partial charge on any atom is 0.193 e. The number of piperazine rings is 1. The highest BCUT2D eigenvalue weighted by Gasteiger charge is 2.21. The molecule has 6 nitrogen and oxygen atoms in total. The molecule has 0 spiro atoms. The molecular formula is C22H35ClFIN4O2. The van der Waals surface area contributed by atoms with E-state index in [4.69, 9.17) is 21.1 Å². The van der Waals surface area contributed by atoms with E-state index in [-0.39, 0.29) is 29.8 Å². The average molecular weight is 569 g/mol. The summed E-state index contributed by atoms with van der Waals surface area (Å²) in [5.74, 6) is 1.33. The largest absolute Gasteiger partial charge is 0.381 e. The predicted molar refractivity (Wildman–Crippen MR) is 134 cm³/mol. The van der Waals surface area contributed by atoms with Crippen molar-refractivity contribution in [3.05, 3.63) is 34.6 Å². The SMILES string of the molecule is CN=C(NCCCOCC1CCOCC1)N1CCN(Cc2c(F)cccc2Cl)CC1.I. The highest BCUT2D eigenvalue weighted by Crippen LogP contribution is 2.21. The zero-order chi connectivity index (χ0) is 21.2. The highest BCUT2D eigenvalue weighted by atomic mass is 127. The molecule has 0 bridgehead atoms. The molecule has 0 atom stereocenters. The van der Waals surface area contributed by atoms with Gasteiger partial charge in [0.05, 0.1) is 0 Å². The first-order valence-electron chi connectivity index (χ1n) is 10.9. The van der Waals surface area contributed by atoms with Crippen LogP contribution in [-0.2, 0) is 16.0 Å². The summed E-state index contributed by atoms with van der Waals surface area (Å²) in [5, 5.41) is 3.93. The summed E-state index contributed by atoms with van der Waals surface area (Å²) in [6, 6.07) is 4.86. The average Bonchev–Trinajstić information content (AvgIpc) is 2.77. The maximum absolute atomic E-state index is 14.0. The molecule has 176 valence electrons. The van der Waals surface area contributed by atoms with Crippen LogP contribution >= 0.6 is 35.6 Å². The van der Waals surface area contributed by atoms with Crippen molar-refractivity contribution < 1.29 is 13.9 Å². The first-order chi connectivity index (χ1) is 14.7. The molecule has 0 aromatic heterocycles. The molecule has 0 amide bonds.